The molecular formula is C16H20N4O2. The van der Waals surface area contributed by atoms with Gasteiger partial charge in [-0.25, -0.2) is 0 Å². The van der Waals surface area contributed by atoms with E-state index in [9.17, 15) is 4.79 Å². The Kier molecular flexibility index (Phi) is 4.48. The fourth-order valence-corrected chi connectivity index (χ4v) is 2.56. The second-order valence-corrected chi connectivity index (χ2v) is 5.56. The molecule has 3 rings (SSSR count). The van der Waals surface area contributed by atoms with Crippen molar-refractivity contribution >= 4 is 5.91 Å². The fourth-order valence-electron chi connectivity index (χ4n) is 2.56. The number of nitrogens with one attached hydrogen (secondary N) is 2. The van der Waals surface area contributed by atoms with Crippen LogP contribution in [0.1, 0.15) is 38.1 Å². The lowest BCUT2D eigenvalue weighted by Crippen LogP contribution is -2.47. The van der Waals surface area contributed by atoms with Crippen molar-refractivity contribution in [2.24, 2.45) is 0 Å². The first-order chi connectivity index (χ1) is 10.7. The number of piperidine rings is 1. The molecule has 0 spiro atoms. The summed E-state index contributed by atoms with van der Waals surface area (Å²) in [7, 11) is 0. The molecular weight excluding hydrogens is 280 g/mol. The number of rotatable bonds is 4. The lowest BCUT2D eigenvalue weighted by molar-refractivity contribution is -0.124. The molecule has 1 aromatic carbocycles. The SMILES string of the molecule is CC(NC(=O)[C@@H]1CCCCN1)c1noc(-c2ccccc2)n1. The van der Waals surface area contributed by atoms with E-state index < -0.39 is 0 Å². The number of carbonyl (C=O) groups is 1. The van der Waals surface area contributed by atoms with Gasteiger partial charge in [-0.1, -0.05) is 29.8 Å². The van der Waals surface area contributed by atoms with Crippen LogP contribution in [-0.2, 0) is 4.79 Å². The zero-order chi connectivity index (χ0) is 15.4. The van der Waals surface area contributed by atoms with Crippen molar-refractivity contribution in [1.82, 2.24) is 20.8 Å². The first-order valence-electron chi connectivity index (χ1n) is 7.67. The minimum Gasteiger partial charge on any atom is -0.345 e. The van der Waals surface area contributed by atoms with Crippen LogP contribution in [-0.4, -0.2) is 28.6 Å². The van der Waals surface area contributed by atoms with Crippen LogP contribution < -0.4 is 10.6 Å². The topological polar surface area (TPSA) is 80.0 Å². The molecule has 0 aliphatic carbocycles. The normalized spacial score (nSPS) is 19.6. The van der Waals surface area contributed by atoms with Crippen molar-refractivity contribution in [1.29, 1.82) is 0 Å². The summed E-state index contributed by atoms with van der Waals surface area (Å²) in [6, 6.07) is 9.19. The summed E-state index contributed by atoms with van der Waals surface area (Å²) in [6.07, 6.45) is 3.09. The van der Waals surface area contributed by atoms with Crippen molar-refractivity contribution in [2.75, 3.05) is 6.54 Å². The van der Waals surface area contributed by atoms with Gasteiger partial charge in [0.25, 0.3) is 5.89 Å². The highest BCUT2D eigenvalue weighted by molar-refractivity contribution is 5.82. The van der Waals surface area contributed by atoms with Crippen LogP contribution in [0.4, 0.5) is 0 Å². The molecule has 2 aromatic rings. The van der Waals surface area contributed by atoms with E-state index in [1.54, 1.807) is 0 Å². The van der Waals surface area contributed by atoms with Gasteiger partial charge in [-0.15, -0.1) is 0 Å². The fraction of sp³-hybridized carbons (Fsp3) is 0.438. The Morgan fingerprint density at radius 2 is 2.18 bits per heavy atom. The van der Waals surface area contributed by atoms with Gasteiger partial charge < -0.3 is 15.2 Å². The van der Waals surface area contributed by atoms with E-state index in [2.05, 4.69) is 20.8 Å². The standard InChI is InChI=1S/C16H20N4O2/c1-11(18-15(21)13-9-5-6-10-17-13)14-19-16(22-20-14)12-7-3-2-4-8-12/h2-4,7-8,11,13,17H,5-6,9-10H2,1H3,(H,18,21)/t11?,13-/m0/s1. The molecule has 6 nitrogen and oxygen atoms in total. The van der Waals surface area contributed by atoms with Gasteiger partial charge in [0.05, 0.1) is 12.1 Å². The van der Waals surface area contributed by atoms with Gasteiger partial charge in [-0.2, -0.15) is 4.98 Å². The van der Waals surface area contributed by atoms with Gasteiger partial charge >= 0.3 is 0 Å². The van der Waals surface area contributed by atoms with Crippen molar-refractivity contribution in [3.05, 3.63) is 36.2 Å². The van der Waals surface area contributed by atoms with E-state index in [1.165, 1.54) is 0 Å². The molecule has 1 aromatic heterocycles. The summed E-state index contributed by atoms with van der Waals surface area (Å²) in [5.74, 6) is 0.953. The minimum atomic E-state index is -0.280. The van der Waals surface area contributed by atoms with Crippen LogP contribution in [0, 0.1) is 0 Å². The number of carbonyl (C=O) groups excluding carboxylic acids is 1. The second kappa shape index (κ2) is 6.70. The number of hydrogen-bond donors (Lipinski definition) is 2. The van der Waals surface area contributed by atoms with Crippen molar-refractivity contribution in [2.45, 2.75) is 38.3 Å². The molecule has 2 atom stereocenters. The number of benzene rings is 1. The van der Waals surface area contributed by atoms with Crippen LogP contribution in [0.2, 0.25) is 0 Å². The highest BCUT2D eigenvalue weighted by Gasteiger charge is 2.24. The molecule has 1 fully saturated rings. The molecule has 0 radical (unpaired) electrons. The zero-order valence-electron chi connectivity index (χ0n) is 12.6. The highest BCUT2D eigenvalue weighted by atomic mass is 16.5. The van der Waals surface area contributed by atoms with Gasteiger partial charge in [0.2, 0.25) is 5.91 Å². The summed E-state index contributed by atoms with van der Waals surface area (Å²) >= 11 is 0. The van der Waals surface area contributed by atoms with Crippen molar-refractivity contribution < 1.29 is 9.32 Å². The van der Waals surface area contributed by atoms with Crippen LogP contribution >= 0.6 is 0 Å². The Morgan fingerprint density at radius 3 is 2.91 bits per heavy atom. The molecule has 1 amide bonds. The van der Waals surface area contributed by atoms with Gasteiger partial charge in [0.1, 0.15) is 0 Å². The maximum atomic E-state index is 12.2. The van der Waals surface area contributed by atoms with E-state index in [1.807, 2.05) is 37.3 Å². The Balaban J connectivity index is 1.64. The third-order valence-electron chi connectivity index (χ3n) is 3.84. The molecule has 2 N–H and O–H groups in total. The molecule has 1 aliphatic rings. The Labute approximate surface area is 129 Å². The number of hydrogen-bond acceptors (Lipinski definition) is 5. The highest BCUT2D eigenvalue weighted by Crippen LogP contribution is 2.19. The molecule has 6 heteroatoms. The lowest BCUT2D eigenvalue weighted by Gasteiger charge is -2.23. The van der Waals surface area contributed by atoms with Crippen LogP contribution in [0.5, 0.6) is 0 Å². The quantitative estimate of drug-likeness (QED) is 0.903. The number of amides is 1. The average molecular weight is 300 g/mol. The largest absolute Gasteiger partial charge is 0.345 e. The third kappa shape index (κ3) is 3.33. The van der Waals surface area contributed by atoms with Gasteiger partial charge in [-0.3, -0.25) is 4.79 Å². The summed E-state index contributed by atoms with van der Waals surface area (Å²) < 4.78 is 5.27. The Morgan fingerprint density at radius 1 is 1.36 bits per heavy atom. The Bertz CT molecular complexity index is 620. The van der Waals surface area contributed by atoms with E-state index in [-0.39, 0.29) is 18.0 Å². The predicted molar refractivity (Wildman–Crippen MR) is 81.9 cm³/mol. The summed E-state index contributed by atoms with van der Waals surface area (Å²) in [5, 5.41) is 10.1. The van der Waals surface area contributed by atoms with E-state index in [4.69, 9.17) is 4.52 Å². The van der Waals surface area contributed by atoms with E-state index >= 15 is 0 Å². The van der Waals surface area contributed by atoms with Crippen LogP contribution in [0.15, 0.2) is 34.9 Å². The zero-order valence-corrected chi connectivity index (χ0v) is 12.6. The van der Waals surface area contributed by atoms with Gasteiger partial charge in [0.15, 0.2) is 5.82 Å². The molecule has 2 heterocycles. The van der Waals surface area contributed by atoms with Crippen molar-refractivity contribution in [3.8, 4) is 11.5 Å². The predicted octanol–water partition coefficient (Wildman–Crippen LogP) is 2.06. The second-order valence-electron chi connectivity index (χ2n) is 5.56. The van der Waals surface area contributed by atoms with Gasteiger partial charge in [-0.05, 0) is 38.4 Å². The third-order valence-corrected chi connectivity index (χ3v) is 3.84. The summed E-state index contributed by atoms with van der Waals surface area (Å²) in [6.45, 7) is 2.76. The first kappa shape index (κ1) is 14.7. The van der Waals surface area contributed by atoms with E-state index in [0.717, 1.165) is 31.4 Å². The van der Waals surface area contributed by atoms with Crippen LogP contribution in [0.25, 0.3) is 11.5 Å². The molecule has 0 bridgehead atoms. The molecule has 0 saturated carbocycles. The maximum Gasteiger partial charge on any atom is 0.257 e. The lowest BCUT2D eigenvalue weighted by atomic mass is 10.0. The maximum absolute atomic E-state index is 12.2. The Hall–Kier alpha value is -2.21. The monoisotopic (exact) mass is 300 g/mol. The van der Waals surface area contributed by atoms with Crippen LogP contribution in [0.3, 0.4) is 0 Å². The number of aromatic nitrogens is 2. The molecule has 116 valence electrons. The smallest absolute Gasteiger partial charge is 0.257 e. The summed E-state index contributed by atoms with van der Waals surface area (Å²) in [4.78, 5) is 16.6. The average Bonchev–Trinajstić information content (AvgIpc) is 3.06. The molecule has 1 saturated heterocycles. The van der Waals surface area contributed by atoms with E-state index in [0.29, 0.717) is 11.7 Å². The molecule has 1 unspecified atom stereocenters. The minimum absolute atomic E-state index is 0.00161. The first-order valence-corrected chi connectivity index (χ1v) is 7.67. The van der Waals surface area contributed by atoms with Gasteiger partial charge in [0, 0.05) is 5.56 Å². The van der Waals surface area contributed by atoms with Crippen molar-refractivity contribution in [3.63, 3.8) is 0 Å². The number of nitrogens with zero attached hydrogens (tertiary/aromatic N) is 2. The molecule has 1 aliphatic heterocycles. The molecule has 22 heavy (non-hydrogen) atoms. The summed E-state index contributed by atoms with van der Waals surface area (Å²) in [5.41, 5.74) is 0.869.